The number of nitrogens with one attached hydrogen (secondary N) is 1. The quantitative estimate of drug-likeness (QED) is 0.801. The van der Waals surface area contributed by atoms with Gasteiger partial charge in [-0.05, 0) is 38.8 Å². The molecule has 0 spiro atoms. The minimum absolute atomic E-state index is 0.298. The van der Waals surface area contributed by atoms with Gasteiger partial charge in [0.1, 0.15) is 5.75 Å². The fourth-order valence-corrected chi connectivity index (χ4v) is 2.57. The maximum atomic E-state index is 5.45. The Balaban J connectivity index is 2.31. The normalized spacial score (nSPS) is 17.4. The molecule has 0 bridgehead atoms. The predicted octanol–water partition coefficient (Wildman–Crippen LogP) is 3.46. The van der Waals surface area contributed by atoms with Gasteiger partial charge >= 0.3 is 0 Å². The van der Waals surface area contributed by atoms with Crippen molar-refractivity contribution in [3.05, 3.63) is 41.5 Å². The Hall–Kier alpha value is -1.28. The Labute approximate surface area is 104 Å². The molecule has 1 aromatic rings. The molecule has 0 aromatic heterocycles. The van der Waals surface area contributed by atoms with Crippen LogP contribution in [0.4, 0.5) is 0 Å². The maximum absolute atomic E-state index is 5.45. The molecule has 1 unspecified atom stereocenters. The van der Waals surface area contributed by atoms with Crippen LogP contribution in [0, 0.1) is 0 Å². The molecular weight excluding hydrogens is 210 g/mol. The zero-order chi connectivity index (χ0) is 12.1. The van der Waals surface area contributed by atoms with E-state index in [-0.39, 0.29) is 0 Å². The Morgan fingerprint density at radius 3 is 2.71 bits per heavy atom. The number of allylic oxidation sites excluding steroid dienone is 1. The second-order valence-corrected chi connectivity index (χ2v) is 4.49. The first-order valence-corrected chi connectivity index (χ1v) is 6.36. The highest BCUT2D eigenvalue weighted by atomic mass is 16.5. The zero-order valence-electron chi connectivity index (χ0n) is 10.7. The van der Waals surface area contributed by atoms with Crippen LogP contribution in [0.1, 0.15) is 37.3 Å². The minimum atomic E-state index is 0.298. The molecular formula is C15H21NO. The summed E-state index contributed by atoms with van der Waals surface area (Å²) in [4.78, 5) is 0. The van der Waals surface area contributed by atoms with Crippen LogP contribution in [-0.4, -0.2) is 14.2 Å². The van der Waals surface area contributed by atoms with E-state index in [1.54, 1.807) is 7.11 Å². The van der Waals surface area contributed by atoms with Gasteiger partial charge in [0.2, 0.25) is 0 Å². The molecule has 0 heterocycles. The van der Waals surface area contributed by atoms with Gasteiger partial charge in [-0.25, -0.2) is 0 Å². The molecule has 1 N–H and O–H groups in total. The zero-order valence-corrected chi connectivity index (χ0v) is 10.7. The lowest BCUT2D eigenvalue weighted by Crippen LogP contribution is -2.20. The molecule has 1 aliphatic rings. The van der Waals surface area contributed by atoms with Crippen LogP contribution in [0.3, 0.4) is 0 Å². The molecule has 0 amide bonds. The van der Waals surface area contributed by atoms with Crippen molar-refractivity contribution in [2.75, 3.05) is 14.2 Å². The van der Waals surface area contributed by atoms with Crippen molar-refractivity contribution in [3.8, 4) is 5.75 Å². The molecule has 1 aromatic carbocycles. The summed E-state index contributed by atoms with van der Waals surface area (Å²) < 4.78 is 5.45. The molecule has 0 saturated heterocycles. The monoisotopic (exact) mass is 231 g/mol. The average molecular weight is 231 g/mol. The first-order chi connectivity index (χ1) is 8.36. The van der Waals surface area contributed by atoms with Crippen LogP contribution in [0.2, 0.25) is 0 Å². The predicted molar refractivity (Wildman–Crippen MR) is 71.3 cm³/mol. The standard InChI is InChI=1S/C15H21NO/c1-16-15(12-8-4-3-5-9-12)13-10-6-7-11-14(13)17-2/h6-8,10-11,15-16H,3-5,9H2,1-2H3. The molecule has 2 heteroatoms. The van der Waals surface area contributed by atoms with Gasteiger partial charge < -0.3 is 10.1 Å². The van der Waals surface area contributed by atoms with Crippen molar-refractivity contribution < 1.29 is 4.74 Å². The second-order valence-electron chi connectivity index (χ2n) is 4.49. The van der Waals surface area contributed by atoms with Gasteiger partial charge in [0, 0.05) is 5.56 Å². The van der Waals surface area contributed by atoms with Gasteiger partial charge in [-0.3, -0.25) is 0 Å². The van der Waals surface area contributed by atoms with Gasteiger partial charge in [-0.2, -0.15) is 0 Å². The summed E-state index contributed by atoms with van der Waals surface area (Å²) >= 11 is 0. The van der Waals surface area contributed by atoms with E-state index in [4.69, 9.17) is 4.74 Å². The van der Waals surface area contributed by atoms with Crippen LogP contribution in [-0.2, 0) is 0 Å². The number of para-hydroxylation sites is 1. The van der Waals surface area contributed by atoms with Crippen molar-refractivity contribution in [1.82, 2.24) is 5.32 Å². The number of rotatable bonds is 4. The summed E-state index contributed by atoms with van der Waals surface area (Å²) in [6.45, 7) is 0. The van der Waals surface area contributed by atoms with Crippen LogP contribution in [0.15, 0.2) is 35.9 Å². The summed E-state index contributed by atoms with van der Waals surface area (Å²) in [5, 5.41) is 3.41. The molecule has 0 saturated carbocycles. The van der Waals surface area contributed by atoms with E-state index in [2.05, 4.69) is 23.5 Å². The summed E-state index contributed by atoms with van der Waals surface area (Å²) in [6, 6.07) is 8.57. The number of hydrogen-bond donors (Lipinski definition) is 1. The lowest BCUT2D eigenvalue weighted by molar-refractivity contribution is 0.404. The number of benzene rings is 1. The number of ether oxygens (including phenoxy) is 1. The Kier molecular flexibility index (Phi) is 4.21. The molecule has 1 aliphatic carbocycles. The molecule has 17 heavy (non-hydrogen) atoms. The number of likely N-dealkylation sites (N-methyl/N-ethyl adjacent to an activating group) is 1. The molecule has 0 aliphatic heterocycles. The second kappa shape index (κ2) is 5.87. The first-order valence-electron chi connectivity index (χ1n) is 6.36. The highest BCUT2D eigenvalue weighted by Gasteiger charge is 2.19. The van der Waals surface area contributed by atoms with Gasteiger partial charge in [0.15, 0.2) is 0 Å². The Bertz CT molecular complexity index is 398. The highest BCUT2D eigenvalue weighted by molar-refractivity contribution is 5.40. The van der Waals surface area contributed by atoms with E-state index in [0.29, 0.717) is 6.04 Å². The van der Waals surface area contributed by atoms with Crippen LogP contribution in [0.25, 0.3) is 0 Å². The third kappa shape index (κ3) is 2.70. The van der Waals surface area contributed by atoms with Crippen LogP contribution < -0.4 is 10.1 Å². The number of hydrogen-bond acceptors (Lipinski definition) is 2. The number of methoxy groups -OCH3 is 1. The summed E-state index contributed by atoms with van der Waals surface area (Å²) in [5.41, 5.74) is 2.74. The van der Waals surface area contributed by atoms with Crippen molar-refractivity contribution in [1.29, 1.82) is 0 Å². The fraction of sp³-hybridized carbons (Fsp3) is 0.467. The third-order valence-electron chi connectivity index (χ3n) is 3.44. The molecule has 2 rings (SSSR count). The Morgan fingerprint density at radius 2 is 2.06 bits per heavy atom. The average Bonchev–Trinajstić information content (AvgIpc) is 2.41. The molecule has 1 atom stereocenters. The SMILES string of the molecule is CNC(C1=CCCCC1)c1ccccc1OC. The maximum Gasteiger partial charge on any atom is 0.123 e. The highest BCUT2D eigenvalue weighted by Crippen LogP contribution is 2.34. The Morgan fingerprint density at radius 1 is 1.24 bits per heavy atom. The van der Waals surface area contributed by atoms with Gasteiger partial charge in [0.05, 0.1) is 13.2 Å². The van der Waals surface area contributed by atoms with E-state index in [0.717, 1.165) is 5.75 Å². The van der Waals surface area contributed by atoms with Crippen LogP contribution >= 0.6 is 0 Å². The summed E-state index contributed by atoms with van der Waals surface area (Å²) in [5.74, 6) is 0.971. The van der Waals surface area contributed by atoms with Crippen LogP contribution in [0.5, 0.6) is 5.75 Å². The topological polar surface area (TPSA) is 21.3 Å². The fourth-order valence-electron chi connectivity index (χ4n) is 2.57. The van der Waals surface area contributed by atoms with Crippen molar-refractivity contribution in [2.24, 2.45) is 0 Å². The smallest absolute Gasteiger partial charge is 0.123 e. The molecule has 0 radical (unpaired) electrons. The van der Waals surface area contributed by atoms with Gasteiger partial charge in [0.25, 0.3) is 0 Å². The van der Waals surface area contributed by atoms with Crippen molar-refractivity contribution >= 4 is 0 Å². The van der Waals surface area contributed by atoms with E-state index in [1.165, 1.54) is 36.8 Å². The lowest BCUT2D eigenvalue weighted by atomic mass is 9.89. The molecule has 92 valence electrons. The third-order valence-corrected chi connectivity index (χ3v) is 3.44. The summed E-state index contributed by atoms with van der Waals surface area (Å²) in [7, 11) is 3.76. The largest absolute Gasteiger partial charge is 0.496 e. The van der Waals surface area contributed by atoms with Gasteiger partial charge in [-0.15, -0.1) is 0 Å². The van der Waals surface area contributed by atoms with E-state index in [1.807, 2.05) is 19.2 Å². The van der Waals surface area contributed by atoms with Crippen molar-refractivity contribution in [3.63, 3.8) is 0 Å². The van der Waals surface area contributed by atoms with Gasteiger partial charge in [-0.1, -0.05) is 29.8 Å². The van der Waals surface area contributed by atoms with E-state index < -0.39 is 0 Å². The van der Waals surface area contributed by atoms with Crippen molar-refractivity contribution in [2.45, 2.75) is 31.7 Å². The van der Waals surface area contributed by atoms with E-state index in [9.17, 15) is 0 Å². The summed E-state index contributed by atoms with van der Waals surface area (Å²) in [6.07, 6.45) is 7.42. The minimum Gasteiger partial charge on any atom is -0.496 e. The first kappa shape index (κ1) is 12.2. The van der Waals surface area contributed by atoms with E-state index >= 15 is 0 Å². The lowest BCUT2D eigenvalue weighted by Gasteiger charge is -2.24. The molecule has 0 fully saturated rings. The molecule has 2 nitrogen and oxygen atoms in total.